The van der Waals surface area contributed by atoms with Gasteiger partial charge in [0.15, 0.2) is 4.67 Å². The molecule has 2 atom stereocenters. The molecule has 2 N–H and O–H groups in total. The molecule has 1 fully saturated rings. The van der Waals surface area contributed by atoms with Crippen molar-refractivity contribution in [2.75, 3.05) is 0 Å². The Morgan fingerprint density at radius 3 is 2.85 bits per heavy atom. The summed E-state index contributed by atoms with van der Waals surface area (Å²) in [6.45, 7) is 0. The number of carboxylic acids is 1. The second kappa shape index (κ2) is 6.74. The van der Waals surface area contributed by atoms with Crippen LogP contribution in [0.25, 0.3) is 6.08 Å². The van der Waals surface area contributed by atoms with Crippen molar-refractivity contribution in [3.8, 4) is 0 Å². The van der Waals surface area contributed by atoms with Gasteiger partial charge in [-0.1, -0.05) is 6.42 Å². The molecule has 6 heteroatoms. The Hall–Kier alpha value is -1.56. The van der Waals surface area contributed by atoms with E-state index in [4.69, 9.17) is 9.52 Å². The summed E-state index contributed by atoms with van der Waals surface area (Å²) < 4.78 is 5.85. The van der Waals surface area contributed by atoms with Crippen LogP contribution in [-0.2, 0) is 9.59 Å². The molecule has 0 aromatic carbocycles. The third-order valence-corrected chi connectivity index (χ3v) is 3.79. The lowest BCUT2D eigenvalue weighted by Gasteiger charge is -2.26. The fraction of sp³-hybridized carbons (Fsp3) is 0.429. The molecule has 0 saturated heterocycles. The maximum atomic E-state index is 11.8. The Balaban J connectivity index is 1.85. The molecule has 1 amide bonds. The highest BCUT2D eigenvalue weighted by atomic mass is 79.9. The Kier molecular flexibility index (Phi) is 5.00. The molecule has 1 heterocycles. The molecule has 0 spiro atoms. The number of carbonyl (C=O) groups excluding carboxylic acids is 1. The van der Waals surface area contributed by atoms with Crippen LogP contribution in [0.4, 0.5) is 0 Å². The van der Waals surface area contributed by atoms with Crippen molar-refractivity contribution in [2.24, 2.45) is 5.92 Å². The van der Waals surface area contributed by atoms with Gasteiger partial charge in [0.25, 0.3) is 0 Å². The van der Waals surface area contributed by atoms with Crippen LogP contribution >= 0.6 is 15.9 Å². The van der Waals surface area contributed by atoms with Crippen LogP contribution in [0.2, 0.25) is 0 Å². The van der Waals surface area contributed by atoms with Gasteiger partial charge < -0.3 is 14.8 Å². The smallest absolute Gasteiger partial charge is 0.306 e. The molecule has 20 heavy (non-hydrogen) atoms. The average molecular weight is 342 g/mol. The lowest BCUT2D eigenvalue weighted by atomic mass is 9.86. The van der Waals surface area contributed by atoms with Crippen LogP contribution in [0.3, 0.4) is 0 Å². The second-order valence-electron chi connectivity index (χ2n) is 4.88. The highest BCUT2D eigenvalue weighted by molar-refractivity contribution is 9.10. The van der Waals surface area contributed by atoms with E-state index in [-0.39, 0.29) is 17.9 Å². The Bertz CT molecular complexity index is 523. The Morgan fingerprint density at radius 1 is 1.40 bits per heavy atom. The van der Waals surface area contributed by atoms with Gasteiger partial charge in [0, 0.05) is 12.1 Å². The standard InChI is InChI=1S/C14H16BrNO4/c15-12-6-4-11(20-12)5-7-13(17)16-10-3-1-2-9(8-10)14(18)19/h4-7,9-10H,1-3,8H2,(H,16,17)(H,18,19). The minimum absolute atomic E-state index is 0.0645. The van der Waals surface area contributed by atoms with Gasteiger partial charge in [-0.2, -0.15) is 0 Å². The van der Waals surface area contributed by atoms with Gasteiger partial charge in [0.2, 0.25) is 5.91 Å². The largest absolute Gasteiger partial charge is 0.481 e. The molecule has 1 aromatic rings. The minimum Gasteiger partial charge on any atom is -0.481 e. The monoisotopic (exact) mass is 341 g/mol. The van der Waals surface area contributed by atoms with Crippen LogP contribution in [-0.4, -0.2) is 23.0 Å². The first-order valence-electron chi connectivity index (χ1n) is 6.51. The van der Waals surface area contributed by atoms with E-state index in [0.717, 1.165) is 12.8 Å². The van der Waals surface area contributed by atoms with E-state index in [1.165, 1.54) is 6.08 Å². The maximum absolute atomic E-state index is 11.8. The Labute approximate surface area is 125 Å². The molecule has 2 unspecified atom stereocenters. The van der Waals surface area contributed by atoms with Gasteiger partial charge in [-0.25, -0.2) is 0 Å². The molecular weight excluding hydrogens is 326 g/mol. The summed E-state index contributed by atoms with van der Waals surface area (Å²) in [7, 11) is 0. The van der Waals surface area contributed by atoms with E-state index in [0.29, 0.717) is 23.3 Å². The normalized spacial score (nSPS) is 22.9. The lowest BCUT2D eigenvalue weighted by Crippen LogP contribution is -2.39. The fourth-order valence-corrected chi connectivity index (χ4v) is 2.69. The second-order valence-corrected chi connectivity index (χ2v) is 5.66. The van der Waals surface area contributed by atoms with Gasteiger partial charge in [-0.3, -0.25) is 9.59 Å². The highest BCUT2D eigenvalue weighted by Gasteiger charge is 2.27. The summed E-state index contributed by atoms with van der Waals surface area (Å²) in [5.74, 6) is -0.772. The van der Waals surface area contributed by atoms with Gasteiger partial charge in [0.05, 0.1) is 5.92 Å². The summed E-state index contributed by atoms with van der Waals surface area (Å²) in [4.78, 5) is 22.7. The average Bonchev–Trinajstić information content (AvgIpc) is 2.82. The summed E-state index contributed by atoms with van der Waals surface area (Å²) in [6.07, 6.45) is 5.83. The molecule has 1 aliphatic carbocycles. The number of hydrogen-bond donors (Lipinski definition) is 2. The van der Waals surface area contributed by atoms with Crippen LogP contribution in [0.15, 0.2) is 27.3 Å². The van der Waals surface area contributed by atoms with Crippen molar-refractivity contribution in [1.29, 1.82) is 0 Å². The number of nitrogens with one attached hydrogen (secondary N) is 1. The van der Waals surface area contributed by atoms with E-state index in [1.807, 2.05) is 0 Å². The number of hydrogen-bond acceptors (Lipinski definition) is 3. The highest BCUT2D eigenvalue weighted by Crippen LogP contribution is 2.24. The Morgan fingerprint density at radius 2 is 2.20 bits per heavy atom. The van der Waals surface area contributed by atoms with Crippen LogP contribution in [0.5, 0.6) is 0 Å². The molecule has 0 bridgehead atoms. The molecule has 1 saturated carbocycles. The predicted octanol–water partition coefficient (Wildman–Crippen LogP) is 2.81. The maximum Gasteiger partial charge on any atom is 0.306 e. The van der Waals surface area contributed by atoms with Gasteiger partial charge >= 0.3 is 5.97 Å². The fourth-order valence-electron chi connectivity index (χ4n) is 2.37. The molecule has 0 aliphatic heterocycles. The van der Waals surface area contributed by atoms with E-state index in [1.54, 1.807) is 18.2 Å². The predicted molar refractivity (Wildman–Crippen MR) is 77.0 cm³/mol. The first-order chi connectivity index (χ1) is 9.54. The van der Waals surface area contributed by atoms with Crippen molar-refractivity contribution >= 4 is 33.9 Å². The van der Waals surface area contributed by atoms with Crippen molar-refractivity contribution in [2.45, 2.75) is 31.7 Å². The SMILES string of the molecule is O=C(C=Cc1ccc(Br)o1)NC1CCCC(C(=O)O)C1. The van der Waals surface area contributed by atoms with E-state index >= 15 is 0 Å². The van der Waals surface area contributed by atoms with E-state index in [9.17, 15) is 9.59 Å². The van der Waals surface area contributed by atoms with Gasteiger partial charge in [-0.15, -0.1) is 0 Å². The summed E-state index contributed by atoms with van der Waals surface area (Å²) in [6, 6.07) is 3.43. The molecule has 1 aliphatic rings. The molecule has 0 radical (unpaired) electrons. The molecule has 1 aromatic heterocycles. The first kappa shape index (κ1) is 14.8. The van der Waals surface area contributed by atoms with Gasteiger partial charge in [0.1, 0.15) is 5.76 Å². The molecule has 5 nitrogen and oxygen atoms in total. The van der Waals surface area contributed by atoms with E-state index < -0.39 is 5.97 Å². The van der Waals surface area contributed by atoms with E-state index in [2.05, 4.69) is 21.2 Å². The van der Waals surface area contributed by atoms with Crippen LogP contribution in [0.1, 0.15) is 31.4 Å². The van der Waals surface area contributed by atoms with Crippen molar-refractivity contribution < 1.29 is 19.1 Å². The summed E-state index contributed by atoms with van der Waals surface area (Å²) >= 11 is 3.18. The molecular formula is C14H16BrNO4. The number of halogens is 1. The van der Waals surface area contributed by atoms with Crippen molar-refractivity contribution in [3.05, 3.63) is 28.6 Å². The molecule has 108 valence electrons. The van der Waals surface area contributed by atoms with Crippen LogP contribution < -0.4 is 5.32 Å². The quantitative estimate of drug-likeness (QED) is 0.825. The third-order valence-electron chi connectivity index (χ3n) is 3.36. The number of carbonyl (C=O) groups is 2. The summed E-state index contributed by atoms with van der Waals surface area (Å²) in [5, 5.41) is 11.8. The zero-order chi connectivity index (χ0) is 14.5. The number of amides is 1. The third kappa shape index (κ3) is 4.23. The zero-order valence-corrected chi connectivity index (χ0v) is 12.4. The summed E-state index contributed by atoms with van der Waals surface area (Å²) in [5.41, 5.74) is 0. The first-order valence-corrected chi connectivity index (χ1v) is 7.30. The molecule has 2 rings (SSSR count). The van der Waals surface area contributed by atoms with Crippen molar-refractivity contribution in [1.82, 2.24) is 5.32 Å². The van der Waals surface area contributed by atoms with Crippen LogP contribution in [0, 0.1) is 5.92 Å². The minimum atomic E-state index is -0.778. The number of aliphatic carboxylic acids is 1. The number of carboxylic acid groups (broad SMARTS) is 1. The van der Waals surface area contributed by atoms with Crippen molar-refractivity contribution in [3.63, 3.8) is 0 Å². The zero-order valence-electron chi connectivity index (χ0n) is 10.8. The number of furan rings is 1. The topological polar surface area (TPSA) is 79.5 Å². The number of rotatable bonds is 4. The van der Waals surface area contributed by atoms with Gasteiger partial charge in [-0.05, 0) is 53.4 Å². The lowest BCUT2D eigenvalue weighted by molar-refractivity contribution is -0.143.